The van der Waals surface area contributed by atoms with Gasteiger partial charge in [0.1, 0.15) is 5.94 Å². The molecule has 2 aromatic carbocycles. The maximum Gasteiger partial charge on any atom is 0.124 e. The lowest BCUT2D eigenvalue weighted by molar-refractivity contribution is 0.524. The third-order valence-electron chi connectivity index (χ3n) is 5.00. The number of hydrogen-bond donors (Lipinski definition) is 0. The SMILES string of the molecule is O=C=C1CCCCC1c1cccc2c1Cc1ccccc1-2. The largest absolute Gasteiger partial charge is 0.234 e. The Morgan fingerprint density at radius 3 is 2.71 bits per heavy atom. The van der Waals surface area contributed by atoms with Crippen LogP contribution in [-0.2, 0) is 11.2 Å². The van der Waals surface area contributed by atoms with E-state index < -0.39 is 0 Å². The summed E-state index contributed by atoms with van der Waals surface area (Å²) >= 11 is 0. The zero-order chi connectivity index (χ0) is 14.2. The predicted octanol–water partition coefficient (Wildman–Crippen LogP) is 4.67. The minimum absolute atomic E-state index is 0.292. The molecule has 0 heterocycles. The van der Waals surface area contributed by atoms with Crippen molar-refractivity contribution in [1.29, 1.82) is 0 Å². The van der Waals surface area contributed by atoms with Crippen molar-refractivity contribution in [3.63, 3.8) is 0 Å². The number of rotatable bonds is 1. The summed E-state index contributed by atoms with van der Waals surface area (Å²) in [5, 5.41) is 0. The highest BCUT2D eigenvalue weighted by Gasteiger charge is 2.28. The van der Waals surface area contributed by atoms with Crippen LogP contribution >= 0.6 is 0 Å². The lowest BCUT2D eigenvalue weighted by atomic mass is 9.78. The molecule has 4 rings (SSSR count). The molecule has 0 saturated heterocycles. The van der Waals surface area contributed by atoms with Crippen molar-refractivity contribution in [2.45, 2.75) is 38.0 Å². The summed E-state index contributed by atoms with van der Waals surface area (Å²) in [6, 6.07) is 15.2. The Hall–Kier alpha value is -2.11. The molecule has 0 aromatic heterocycles. The first-order chi connectivity index (χ1) is 10.4. The molecule has 104 valence electrons. The van der Waals surface area contributed by atoms with Crippen LogP contribution in [0.4, 0.5) is 0 Å². The fraction of sp³-hybridized carbons (Fsp3) is 0.300. The normalized spacial score (nSPS) is 19.8. The lowest BCUT2D eigenvalue weighted by Crippen LogP contribution is -2.11. The van der Waals surface area contributed by atoms with Crippen molar-refractivity contribution < 1.29 is 4.79 Å². The maximum atomic E-state index is 11.3. The van der Waals surface area contributed by atoms with Crippen LogP contribution in [0.1, 0.15) is 48.3 Å². The van der Waals surface area contributed by atoms with Crippen molar-refractivity contribution in [3.8, 4) is 11.1 Å². The van der Waals surface area contributed by atoms with Crippen LogP contribution in [0.5, 0.6) is 0 Å². The molecule has 21 heavy (non-hydrogen) atoms. The number of carbonyl (C=O) groups excluding carboxylic acids is 1. The highest BCUT2D eigenvalue weighted by Crippen LogP contribution is 2.44. The molecule has 1 fully saturated rings. The van der Waals surface area contributed by atoms with Crippen LogP contribution in [-0.4, -0.2) is 5.94 Å². The molecule has 2 aliphatic carbocycles. The van der Waals surface area contributed by atoms with Crippen molar-refractivity contribution in [2.24, 2.45) is 0 Å². The minimum atomic E-state index is 0.292. The average Bonchev–Trinajstić information content (AvgIpc) is 2.93. The third-order valence-corrected chi connectivity index (χ3v) is 5.00. The first-order valence-corrected chi connectivity index (χ1v) is 7.82. The monoisotopic (exact) mass is 274 g/mol. The molecule has 0 bridgehead atoms. The minimum Gasteiger partial charge on any atom is -0.234 e. The first-order valence-electron chi connectivity index (χ1n) is 7.82. The second-order valence-electron chi connectivity index (χ2n) is 6.13. The van der Waals surface area contributed by atoms with Gasteiger partial charge in [0.15, 0.2) is 0 Å². The van der Waals surface area contributed by atoms with Crippen LogP contribution in [0, 0.1) is 0 Å². The van der Waals surface area contributed by atoms with Crippen molar-refractivity contribution >= 4 is 5.94 Å². The van der Waals surface area contributed by atoms with Gasteiger partial charge in [-0.1, -0.05) is 48.9 Å². The van der Waals surface area contributed by atoms with E-state index in [2.05, 4.69) is 48.4 Å². The Labute approximate surface area is 125 Å². The van der Waals surface area contributed by atoms with E-state index in [0.717, 1.165) is 31.3 Å². The fourth-order valence-corrected chi connectivity index (χ4v) is 3.99. The van der Waals surface area contributed by atoms with E-state index >= 15 is 0 Å². The second-order valence-corrected chi connectivity index (χ2v) is 6.13. The molecular formula is C20H18O. The molecule has 1 atom stereocenters. The molecule has 0 amide bonds. The summed E-state index contributed by atoms with van der Waals surface area (Å²) in [4.78, 5) is 11.3. The van der Waals surface area contributed by atoms with Gasteiger partial charge in [-0.15, -0.1) is 0 Å². The number of hydrogen-bond acceptors (Lipinski definition) is 1. The highest BCUT2D eigenvalue weighted by atomic mass is 16.1. The van der Waals surface area contributed by atoms with Crippen LogP contribution in [0.15, 0.2) is 48.0 Å². The van der Waals surface area contributed by atoms with Gasteiger partial charge in [-0.2, -0.15) is 0 Å². The smallest absolute Gasteiger partial charge is 0.124 e. The summed E-state index contributed by atoms with van der Waals surface area (Å²) in [5.74, 6) is 2.52. The number of fused-ring (bicyclic) bond motifs is 3. The fourth-order valence-electron chi connectivity index (χ4n) is 3.99. The zero-order valence-corrected chi connectivity index (χ0v) is 12.1. The highest BCUT2D eigenvalue weighted by molar-refractivity contribution is 5.78. The Bertz CT molecular complexity index is 750. The molecule has 1 heteroatoms. The lowest BCUT2D eigenvalue weighted by Gasteiger charge is -2.25. The van der Waals surface area contributed by atoms with Crippen LogP contribution in [0.3, 0.4) is 0 Å². The zero-order valence-electron chi connectivity index (χ0n) is 12.1. The van der Waals surface area contributed by atoms with E-state index in [1.165, 1.54) is 34.2 Å². The van der Waals surface area contributed by atoms with Gasteiger partial charge >= 0.3 is 0 Å². The molecule has 1 unspecified atom stereocenters. The van der Waals surface area contributed by atoms with Gasteiger partial charge in [-0.25, -0.2) is 4.79 Å². The van der Waals surface area contributed by atoms with Gasteiger partial charge in [-0.3, -0.25) is 0 Å². The summed E-state index contributed by atoms with van der Waals surface area (Å²) in [6.07, 6.45) is 5.37. The summed E-state index contributed by atoms with van der Waals surface area (Å²) in [7, 11) is 0. The Kier molecular flexibility index (Phi) is 3.02. The Morgan fingerprint density at radius 2 is 1.81 bits per heavy atom. The van der Waals surface area contributed by atoms with E-state index in [1.807, 2.05) is 0 Å². The van der Waals surface area contributed by atoms with Crippen molar-refractivity contribution in [3.05, 3.63) is 64.7 Å². The van der Waals surface area contributed by atoms with Crippen LogP contribution in [0.25, 0.3) is 11.1 Å². The molecule has 2 aliphatic rings. The number of benzene rings is 2. The van der Waals surface area contributed by atoms with E-state index in [-0.39, 0.29) is 0 Å². The van der Waals surface area contributed by atoms with E-state index in [1.54, 1.807) is 0 Å². The van der Waals surface area contributed by atoms with Crippen LogP contribution < -0.4 is 0 Å². The van der Waals surface area contributed by atoms with Gasteiger partial charge in [0.25, 0.3) is 0 Å². The van der Waals surface area contributed by atoms with Gasteiger partial charge in [0, 0.05) is 11.5 Å². The Morgan fingerprint density at radius 1 is 0.952 bits per heavy atom. The second kappa shape index (κ2) is 5.02. The topological polar surface area (TPSA) is 17.1 Å². The van der Waals surface area contributed by atoms with E-state index in [4.69, 9.17) is 0 Å². The van der Waals surface area contributed by atoms with Gasteiger partial charge in [0.05, 0.1) is 0 Å². The maximum absolute atomic E-state index is 11.3. The van der Waals surface area contributed by atoms with E-state index in [9.17, 15) is 4.79 Å². The molecule has 1 nitrogen and oxygen atoms in total. The summed E-state index contributed by atoms with van der Waals surface area (Å²) in [5.41, 5.74) is 7.90. The quantitative estimate of drug-likeness (QED) is 0.589. The van der Waals surface area contributed by atoms with Gasteiger partial charge in [-0.05, 0) is 53.5 Å². The molecule has 0 radical (unpaired) electrons. The summed E-state index contributed by atoms with van der Waals surface area (Å²) < 4.78 is 0. The number of allylic oxidation sites excluding steroid dienone is 1. The average molecular weight is 274 g/mol. The standard InChI is InChI=1S/C20H18O/c21-13-15-7-2-4-9-17(15)19-11-5-10-18-16-8-3-1-6-14(16)12-20(18)19/h1,3,5-6,8,10-11,17H,2,4,7,9,12H2. The van der Waals surface area contributed by atoms with Crippen LogP contribution in [0.2, 0.25) is 0 Å². The third kappa shape index (κ3) is 1.97. The molecule has 0 N–H and O–H groups in total. The Balaban J connectivity index is 1.85. The predicted molar refractivity (Wildman–Crippen MR) is 85.1 cm³/mol. The molecule has 2 aromatic rings. The van der Waals surface area contributed by atoms with Crippen molar-refractivity contribution in [1.82, 2.24) is 0 Å². The van der Waals surface area contributed by atoms with Gasteiger partial charge < -0.3 is 0 Å². The van der Waals surface area contributed by atoms with Crippen molar-refractivity contribution in [2.75, 3.05) is 0 Å². The molecule has 0 aliphatic heterocycles. The molecule has 1 saturated carbocycles. The first kappa shape index (κ1) is 12.6. The summed E-state index contributed by atoms with van der Waals surface area (Å²) in [6.45, 7) is 0. The molecular weight excluding hydrogens is 256 g/mol. The van der Waals surface area contributed by atoms with Gasteiger partial charge in [0.2, 0.25) is 0 Å². The van der Waals surface area contributed by atoms with E-state index in [0.29, 0.717) is 5.92 Å². The molecule has 0 spiro atoms.